The van der Waals surface area contributed by atoms with Crippen molar-refractivity contribution in [2.75, 3.05) is 6.61 Å². The van der Waals surface area contributed by atoms with Gasteiger partial charge in [-0.1, -0.05) is 63.0 Å². The fourth-order valence-electron chi connectivity index (χ4n) is 3.41. The molecule has 8 heteroatoms. The Morgan fingerprint density at radius 3 is 2.29 bits per heavy atom. The van der Waals surface area contributed by atoms with Gasteiger partial charge in [-0.15, -0.1) is 0 Å². The van der Waals surface area contributed by atoms with Crippen molar-refractivity contribution < 1.29 is 14.3 Å². The lowest BCUT2D eigenvalue weighted by molar-refractivity contribution is -0.143. The van der Waals surface area contributed by atoms with Crippen LogP contribution in [0.25, 0.3) is 0 Å². The predicted octanol–water partition coefficient (Wildman–Crippen LogP) is 6.98. The summed E-state index contributed by atoms with van der Waals surface area (Å²) in [6.45, 7) is 10.1. The molecular weight excluding hydrogens is 539 g/mol. The van der Waals surface area contributed by atoms with E-state index >= 15 is 0 Å². The number of nitrogens with zero attached hydrogens (tertiary/aromatic N) is 1. The van der Waals surface area contributed by atoms with Crippen LogP contribution in [-0.2, 0) is 16.1 Å². The molecule has 0 fully saturated rings. The van der Waals surface area contributed by atoms with E-state index in [9.17, 15) is 9.59 Å². The van der Waals surface area contributed by atoms with Crippen molar-refractivity contribution in [2.45, 2.75) is 72.0 Å². The van der Waals surface area contributed by atoms with Gasteiger partial charge in [-0.3, -0.25) is 9.59 Å². The molecule has 0 saturated carbocycles. The number of hydrogen-bond donors (Lipinski definition) is 1. The summed E-state index contributed by atoms with van der Waals surface area (Å²) in [6, 6.07) is 10.4. The number of carbonyl (C=O) groups excluding carboxylic acids is 2. The SMILES string of the molecule is CC[C@@H](C)NC(=O)[C@H](CC)N(Cc1ccc(Cl)c(Cl)c1)C(=O)COc1ccc(C(C)C)cc1Br. The van der Waals surface area contributed by atoms with Gasteiger partial charge in [0.25, 0.3) is 5.91 Å². The molecule has 0 bridgehead atoms. The van der Waals surface area contributed by atoms with E-state index in [1.165, 1.54) is 5.56 Å². The number of nitrogens with one attached hydrogen (secondary N) is 1. The average Bonchev–Trinajstić information content (AvgIpc) is 2.79. The van der Waals surface area contributed by atoms with Crippen LogP contribution in [0.4, 0.5) is 0 Å². The van der Waals surface area contributed by atoms with Gasteiger partial charge in [0.2, 0.25) is 5.91 Å². The van der Waals surface area contributed by atoms with Crippen LogP contribution in [0.3, 0.4) is 0 Å². The van der Waals surface area contributed by atoms with E-state index in [-0.39, 0.29) is 31.0 Å². The molecule has 2 aromatic carbocycles. The van der Waals surface area contributed by atoms with E-state index in [0.29, 0.717) is 28.1 Å². The third-order valence-electron chi connectivity index (χ3n) is 5.70. The second-order valence-corrected chi connectivity index (χ2v) is 10.3. The molecular formula is C26H33BrCl2N2O3. The largest absolute Gasteiger partial charge is 0.483 e. The molecule has 0 saturated heterocycles. The summed E-state index contributed by atoms with van der Waals surface area (Å²) in [4.78, 5) is 27.9. The van der Waals surface area contributed by atoms with Crippen molar-refractivity contribution in [2.24, 2.45) is 0 Å². The molecule has 0 unspecified atom stereocenters. The molecule has 1 N–H and O–H groups in total. The first-order valence-electron chi connectivity index (χ1n) is 11.5. The Labute approximate surface area is 221 Å². The van der Waals surface area contributed by atoms with Gasteiger partial charge in [-0.2, -0.15) is 0 Å². The lowest BCUT2D eigenvalue weighted by atomic mass is 10.0. The zero-order valence-corrected chi connectivity index (χ0v) is 23.4. The molecule has 2 atom stereocenters. The fraction of sp³-hybridized carbons (Fsp3) is 0.462. The summed E-state index contributed by atoms with van der Waals surface area (Å²) in [5.74, 6) is 0.470. The van der Waals surface area contributed by atoms with E-state index in [4.69, 9.17) is 27.9 Å². The van der Waals surface area contributed by atoms with Gasteiger partial charge in [-0.05, 0) is 77.0 Å². The average molecular weight is 572 g/mol. The summed E-state index contributed by atoms with van der Waals surface area (Å²) in [7, 11) is 0. The standard InChI is InChI=1S/C26H33BrCl2N2O3/c1-6-17(5)30-26(33)23(7-2)31(14-18-8-10-21(28)22(29)12-18)25(32)15-34-24-11-9-19(16(3)4)13-20(24)27/h8-13,16-17,23H,6-7,14-15H2,1-5H3,(H,30,33)/t17-,23+/m1/s1. The molecule has 0 aliphatic rings. The summed E-state index contributed by atoms with van der Waals surface area (Å²) in [5.41, 5.74) is 1.94. The van der Waals surface area contributed by atoms with Crippen LogP contribution in [0, 0.1) is 0 Å². The van der Waals surface area contributed by atoms with Crippen LogP contribution in [0.1, 0.15) is 64.5 Å². The van der Waals surface area contributed by atoms with Gasteiger partial charge >= 0.3 is 0 Å². The van der Waals surface area contributed by atoms with Crippen molar-refractivity contribution in [3.8, 4) is 5.75 Å². The minimum Gasteiger partial charge on any atom is -0.483 e. The zero-order chi connectivity index (χ0) is 25.4. The van der Waals surface area contributed by atoms with Crippen LogP contribution in [0.15, 0.2) is 40.9 Å². The summed E-state index contributed by atoms with van der Waals surface area (Å²) < 4.78 is 6.64. The van der Waals surface area contributed by atoms with E-state index in [2.05, 4.69) is 35.1 Å². The Kier molecular flexibility index (Phi) is 11.2. The minimum absolute atomic E-state index is 0.00940. The second kappa shape index (κ2) is 13.4. The molecule has 2 amide bonds. The van der Waals surface area contributed by atoms with Crippen LogP contribution in [-0.4, -0.2) is 35.4 Å². The van der Waals surface area contributed by atoms with Crippen molar-refractivity contribution in [1.82, 2.24) is 10.2 Å². The normalized spacial score (nSPS) is 12.9. The van der Waals surface area contributed by atoms with Crippen molar-refractivity contribution in [3.63, 3.8) is 0 Å². The molecule has 2 rings (SSSR count). The highest BCUT2D eigenvalue weighted by Gasteiger charge is 2.29. The van der Waals surface area contributed by atoms with E-state index in [1.54, 1.807) is 23.1 Å². The number of amides is 2. The van der Waals surface area contributed by atoms with Gasteiger partial charge < -0.3 is 15.0 Å². The van der Waals surface area contributed by atoms with Gasteiger partial charge in [-0.25, -0.2) is 0 Å². The van der Waals surface area contributed by atoms with Crippen LogP contribution in [0.2, 0.25) is 10.0 Å². The van der Waals surface area contributed by atoms with Crippen molar-refractivity contribution >= 4 is 50.9 Å². The third-order valence-corrected chi connectivity index (χ3v) is 7.06. The number of rotatable bonds is 11. The van der Waals surface area contributed by atoms with E-state index < -0.39 is 6.04 Å². The highest BCUT2D eigenvalue weighted by Crippen LogP contribution is 2.29. The quantitative estimate of drug-likeness (QED) is 0.316. The smallest absolute Gasteiger partial charge is 0.261 e. The maximum Gasteiger partial charge on any atom is 0.261 e. The van der Waals surface area contributed by atoms with Gasteiger partial charge in [0, 0.05) is 12.6 Å². The summed E-state index contributed by atoms with van der Waals surface area (Å²) in [5, 5.41) is 3.82. The molecule has 0 heterocycles. The first-order chi connectivity index (χ1) is 16.1. The molecule has 0 radical (unpaired) electrons. The van der Waals surface area contributed by atoms with Crippen LogP contribution in [0.5, 0.6) is 5.75 Å². The van der Waals surface area contributed by atoms with Crippen molar-refractivity contribution in [1.29, 1.82) is 0 Å². The molecule has 2 aromatic rings. The van der Waals surface area contributed by atoms with E-state index in [0.717, 1.165) is 16.5 Å². The summed E-state index contributed by atoms with van der Waals surface area (Å²) in [6.07, 6.45) is 1.26. The lowest BCUT2D eigenvalue weighted by Crippen LogP contribution is -2.51. The Hall–Kier alpha value is -1.76. The third kappa shape index (κ3) is 7.89. The Morgan fingerprint density at radius 1 is 1.03 bits per heavy atom. The maximum atomic E-state index is 13.4. The second-order valence-electron chi connectivity index (χ2n) is 8.65. The number of benzene rings is 2. The van der Waals surface area contributed by atoms with Gasteiger partial charge in [0.15, 0.2) is 6.61 Å². The Morgan fingerprint density at radius 2 is 1.74 bits per heavy atom. The highest BCUT2D eigenvalue weighted by atomic mass is 79.9. The van der Waals surface area contributed by atoms with E-state index in [1.807, 2.05) is 39.0 Å². The molecule has 0 aliphatic heterocycles. The molecule has 186 valence electrons. The summed E-state index contributed by atoms with van der Waals surface area (Å²) >= 11 is 15.8. The fourth-order valence-corrected chi connectivity index (χ4v) is 4.24. The monoisotopic (exact) mass is 570 g/mol. The molecule has 5 nitrogen and oxygen atoms in total. The molecule has 0 spiro atoms. The zero-order valence-electron chi connectivity index (χ0n) is 20.3. The Balaban J connectivity index is 2.26. The minimum atomic E-state index is -0.647. The van der Waals surface area contributed by atoms with Crippen molar-refractivity contribution in [3.05, 3.63) is 62.0 Å². The Bertz CT molecular complexity index is 1000. The number of ether oxygens (including phenoxy) is 1. The van der Waals surface area contributed by atoms with Crippen LogP contribution < -0.4 is 10.1 Å². The highest BCUT2D eigenvalue weighted by molar-refractivity contribution is 9.10. The maximum absolute atomic E-state index is 13.4. The number of carbonyl (C=O) groups is 2. The predicted molar refractivity (Wildman–Crippen MR) is 143 cm³/mol. The topological polar surface area (TPSA) is 58.6 Å². The van der Waals surface area contributed by atoms with Gasteiger partial charge in [0.1, 0.15) is 11.8 Å². The number of hydrogen-bond acceptors (Lipinski definition) is 3. The first kappa shape index (κ1) is 28.5. The van der Waals surface area contributed by atoms with Gasteiger partial charge in [0.05, 0.1) is 14.5 Å². The molecule has 0 aromatic heterocycles. The lowest BCUT2D eigenvalue weighted by Gasteiger charge is -2.31. The molecule has 34 heavy (non-hydrogen) atoms. The molecule has 0 aliphatic carbocycles. The first-order valence-corrected chi connectivity index (χ1v) is 13.1. The number of halogens is 3. The van der Waals surface area contributed by atoms with Crippen LogP contribution >= 0.6 is 39.1 Å².